The number of nitro groups is 1. The van der Waals surface area contributed by atoms with Crippen molar-refractivity contribution < 1.29 is 19.6 Å². The number of ether oxygens (including phenoxy) is 1. The monoisotopic (exact) mass is 283 g/mol. The summed E-state index contributed by atoms with van der Waals surface area (Å²) in [6.07, 6.45) is 0.723. The molecule has 1 aromatic rings. The van der Waals surface area contributed by atoms with Crippen molar-refractivity contribution in [2.75, 3.05) is 31.7 Å². The lowest BCUT2D eigenvalue weighted by atomic mass is 10.3. The quantitative estimate of drug-likeness (QED) is 0.451. The highest BCUT2D eigenvalue weighted by Crippen LogP contribution is 2.26. The number of hydrogen-bond acceptors (Lipinski definition) is 7. The predicted octanol–water partition coefficient (Wildman–Crippen LogP) is 0.985. The lowest BCUT2D eigenvalue weighted by molar-refractivity contribution is -0.384. The first-order valence-corrected chi connectivity index (χ1v) is 6.14. The van der Waals surface area contributed by atoms with Crippen LogP contribution in [0.4, 0.5) is 11.5 Å². The topological polar surface area (TPSA) is 106 Å². The second kappa shape index (κ2) is 7.39. The highest BCUT2D eigenvalue weighted by Gasteiger charge is 2.23. The number of aliphatic hydroxyl groups is 1. The van der Waals surface area contributed by atoms with Gasteiger partial charge in [-0.1, -0.05) is 6.92 Å². The molecule has 0 bridgehead atoms. The average Bonchev–Trinajstić information content (AvgIpc) is 2.45. The fraction of sp³-hybridized carbons (Fsp3) is 0.500. The van der Waals surface area contributed by atoms with Crippen molar-refractivity contribution in [3.63, 3.8) is 0 Å². The molecule has 1 aromatic heterocycles. The van der Waals surface area contributed by atoms with E-state index in [1.165, 1.54) is 19.2 Å². The summed E-state index contributed by atoms with van der Waals surface area (Å²) in [5, 5.41) is 20.1. The zero-order valence-electron chi connectivity index (χ0n) is 11.4. The summed E-state index contributed by atoms with van der Waals surface area (Å²) in [4.78, 5) is 27.5. The number of pyridine rings is 1. The summed E-state index contributed by atoms with van der Waals surface area (Å²) >= 11 is 0. The van der Waals surface area contributed by atoms with Crippen molar-refractivity contribution in [1.82, 2.24) is 4.98 Å². The maximum atomic E-state index is 11.5. The van der Waals surface area contributed by atoms with Crippen LogP contribution in [0, 0.1) is 10.1 Å². The van der Waals surface area contributed by atoms with Gasteiger partial charge in [-0.15, -0.1) is 0 Å². The molecule has 1 rings (SSSR count). The van der Waals surface area contributed by atoms with Gasteiger partial charge in [0.25, 0.3) is 0 Å². The molecule has 0 aliphatic heterocycles. The largest absolute Gasteiger partial charge is 0.464 e. The molecule has 0 aliphatic carbocycles. The summed E-state index contributed by atoms with van der Waals surface area (Å²) < 4.78 is 4.55. The molecule has 0 aliphatic rings. The van der Waals surface area contributed by atoms with Gasteiger partial charge >= 0.3 is 11.7 Å². The van der Waals surface area contributed by atoms with Gasteiger partial charge in [-0.3, -0.25) is 10.1 Å². The van der Waals surface area contributed by atoms with Gasteiger partial charge in [0.05, 0.1) is 18.6 Å². The molecular formula is C12H17N3O5. The van der Waals surface area contributed by atoms with E-state index in [0.717, 1.165) is 6.42 Å². The molecule has 0 spiro atoms. The van der Waals surface area contributed by atoms with Crippen LogP contribution in [0.3, 0.4) is 0 Å². The first-order chi connectivity index (χ1) is 9.54. The molecule has 0 fully saturated rings. The zero-order chi connectivity index (χ0) is 15.1. The van der Waals surface area contributed by atoms with Gasteiger partial charge in [0.15, 0.2) is 5.69 Å². The number of nitrogens with zero attached hydrogens (tertiary/aromatic N) is 3. The smallest absolute Gasteiger partial charge is 0.356 e. The Labute approximate surface area is 116 Å². The van der Waals surface area contributed by atoms with E-state index in [0.29, 0.717) is 6.54 Å². The predicted molar refractivity (Wildman–Crippen MR) is 71.8 cm³/mol. The van der Waals surface area contributed by atoms with Crippen LogP contribution in [0.25, 0.3) is 0 Å². The summed E-state index contributed by atoms with van der Waals surface area (Å²) in [6, 6.07) is 2.46. The molecule has 0 atom stereocenters. The molecular weight excluding hydrogens is 266 g/mol. The van der Waals surface area contributed by atoms with E-state index in [1.807, 2.05) is 6.92 Å². The maximum Gasteiger partial charge on any atom is 0.356 e. The Kier molecular flexibility index (Phi) is 5.85. The standard InChI is InChI=1S/C12H17N3O5/c1-3-6-14(7-8-16)11-10(15(18)19)5-4-9(13-11)12(17)20-2/h4-5,16H,3,6-8H2,1-2H3. The minimum absolute atomic E-state index is 0.00728. The number of anilines is 1. The van der Waals surface area contributed by atoms with Gasteiger partial charge in [-0.05, 0) is 12.5 Å². The fourth-order valence-electron chi connectivity index (χ4n) is 1.75. The maximum absolute atomic E-state index is 11.5. The lowest BCUT2D eigenvalue weighted by Crippen LogP contribution is -2.29. The third-order valence-corrected chi connectivity index (χ3v) is 2.61. The molecule has 0 unspecified atom stereocenters. The highest BCUT2D eigenvalue weighted by atomic mass is 16.6. The van der Waals surface area contributed by atoms with Gasteiger partial charge in [-0.2, -0.15) is 0 Å². The third kappa shape index (κ3) is 3.64. The number of methoxy groups -OCH3 is 1. The first-order valence-electron chi connectivity index (χ1n) is 6.14. The SMILES string of the molecule is CCCN(CCO)c1nc(C(=O)OC)ccc1[N+](=O)[O-]. The van der Waals surface area contributed by atoms with E-state index >= 15 is 0 Å². The minimum Gasteiger partial charge on any atom is -0.464 e. The number of carbonyl (C=O) groups excluding carboxylic acids is 1. The molecule has 0 saturated carbocycles. The third-order valence-electron chi connectivity index (χ3n) is 2.61. The number of esters is 1. The Bertz CT molecular complexity index is 486. The van der Waals surface area contributed by atoms with Gasteiger partial charge in [-0.25, -0.2) is 9.78 Å². The number of rotatable bonds is 7. The van der Waals surface area contributed by atoms with E-state index in [9.17, 15) is 14.9 Å². The number of carbonyl (C=O) groups is 1. The van der Waals surface area contributed by atoms with Gasteiger partial charge < -0.3 is 14.7 Å². The Balaban J connectivity index is 3.28. The summed E-state index contributed by atoms with van der Waals surface area (Å²) in [7, 11) is 1.21. The molecule has 8 heteroatoms. The van der Waals surface area contributed by atoms with E-state index in [-0.39, 0.29) is 30.4 Å². The van der Waals surface area contributed by atoms with Crippen molar-refractivity contribution in [3.8, 4) is 0 Å². The molecule has 0 aromatic carbocycles. The van der Waals surface area contributed by atoms with E-state index < -0.39 is 10.9 Å². The number of aromatic nitrogens is 1. The zero-order valence-corrected chi connectivity index (χ0v) is 11.4. The number of hydrogen-bond donors (Lipinski definition) is 1. The summed E-state index contributed by atoms with van der Waals surface area (Å²) in [6.45, 7) is 2.42. The molecule has 1 N–H and O–H groups in total. The first kappa shape index (κ1) is 15.8. The summed E-state index contributed by atoms with van der Waals surface area (Å²) in [5.41, 5.74) is -0.216. The van der Waals surface area contributed by atoms with E-state index in [4.69, 9.17) is 5.11 Å². The fourth-order valence-corrected chi connectivity index (χ4v) is 1.75. The second-order valence-corrected chi connectivity index (χ2v) is 4.00. The Morgan fingerprint density at radius 3 is 2.70 bits per heavy atom. The molecule has 1 heterocycles. The van der Waals surface area contributed by atoms with Crippen LogP contribution >= 0.6 is 0 Å². The average molecular weight is 283 g/mol. The van der Waals surface area contributed by atoms with Crippen LogP contribution in [-0.4, -0.2) is 47.8 Å². The molecule has 0 saturated heterocycles. The van der Waals surface area contributed by atoms with Crippen molar-refractivity contribution in [2.24, 2.45) is 0 Å². The van der Waals surface area contributed by atoms with Crippen LogP contribution in [0.1, 0.15) is 23.8 Å². The van der Waals surface area contributed by atoms with E-state index in [2.05, 4.69) is 9.72 Å². The van der Waals surface area contributed by atoms with Crippen molar-refractivity contribution in [1.29, 1.82) is 0 Å². The minimum atomic E-state index is -0.665. The van der Waals surface area contributed by atoms with Crippen LogP contribution in [0.15, 0.2) is 12.1 Å². The van der Waals surface area contributed by atoms with Crippen LogP contribution in [0.5, 0.6) is 0 Å². The van der Waals surface area contributed by atoms with Crippen LogP contribution in [-0.2, 0) is 4.74 Å². The highest BCUT2D eigenvalue weighted by molar-refractivity contribution is 5.88. The molecule has 8 nitrogen and oxygen atoms in total. The van der Waals surface area contributed by atoms with Crippen LogP contribution < -0.4 is 4.90 Å². The molecule has 0 amide bonds. The van der Waals surface area contributed by atoms with Gasteiger partial charge in [0.2, 0.25) is 5.82 Å². The second-order valence-electron chi connectivity index (χ2n) is 4.00. The Morgan fingerprint density at radius 1 is 1.50 bits per heavy atom. The summed E-state index contributed by atoms with van der Waals surface area (Å²) in [5.74, 6) is -0.601. The normalized spacial score (nSPS) is 10.2. The van der Waals surface area contributed by atoms with E-state index in [1.54, 1.807) is 4.90 Å². The Hall–Kier alpha value is -2.22. The van der Waals surface area contributed by atoms with Gasteiger partial charge in [0.1, 0.15) is 0 Å². The molecule has 110 valence electrons. The van der Waals surface area contributed by atoms with Gasteiger partial charge in [0, 0.05) is 19.2 Å². The van der Waals surface area contributed by atoms with Crippen molar-refractivity contribution >= 4 is 17.5 Å². The molecule has 0 radical (unpaired) electrons. The van der Waals surface area contributed by atoms with Crippen molar-refractivity contribution in [2.45, 2.75) is 13.3 Å². The number of aliphatic hydroxyl groups excluding tert-OH is 1. The Morgan fingerprint density at radius 2 is 2.20 bits per heavy atom. The molecule has 20 heavy (non-hydrogen) atoms. The lowest BCUT2D eigenvalue weighted by Gasteiger charge is -2.22. The van der Waals surface area contributed by atoms with Crippen molar-refractivity contribution in [3.05, 3.63) is 27.9 Å². The van der Waals surface area contributed by atoms with Crippen LogP contribution in [0.2, 0.25) is 0 Å².